The normalized spacial score (nSPS) is 12.5. The molecule has 2 aromatic rings. The van der Waals surface area contributed by atoms with Crippen LogP contribution in [0.15, 0.2) is 48.5 Å². The fourth-order valence-corrected chi connectivity index (χ4v) is 3.75. The van der Waals surface area contributed by atoms with E-state index >= 15 is 0 Å². The van der Waals surface area contributed by atoms with Crippen molar-refractivity contribution in [2.45, 2.75) is 84.8 Å². The van der Waals surface area contributed by atoms with Crippen LogP contribution in [0.1, 0.15) is 77.0 Å². The van der Waals surface area contributed by atoms with E-state index < -0.39 is 6.04 Å². The van der Waals surface area contributed by atoms with E-state index in [0.717, 1.165) is 11.1 Å². The first-order valence-corrected chi connectivity index (χ1v) is 11.8. The third kappa shape index (κ3) is 7.98. The monoisotopic (exact) mass is 456 g/mol. The van der Waals surface area contributed by atoms with Crippen LogP contribution in [-0.2, 0) is 22.6 Å². The Hall–Kier alpha value is -2.33. The highest BCUT2D eigenvalue weighted by atomic mass is 35.5. The second-order valence-electron chi connectivity index (χ2n) is 9.71. The number of halogens is 1. The zero-order valence-electron chi connectivity index (χ0n) is 20.2. The largest absolute Gasteiger partial charge is 0.350 e. The Balaban J connectivity index is 2.20. The summed E-state index contributed by atoms with van der Waals surface area (Å²) in [5.41, 5.74) is 3.00. The summed E-state index contributed by atoms with van der Waals surface area (Å²) >= 11 is 6.03. The van der Waals surface area contributed by atoms with Gasteiger partial charge in [0.25, 0.3) is 0 Å². The lowest BCUT2D eigenvalue weighted by Crippen LogP contribution is -2.53. The van der Waals surface area contributed by atoms with E-state index in [1.807, 2.05) is 52.0 Å². The molecule has 5 heteroatoms. The molecule has 2 aromatic carbocycles. The summed E-state index contributed by atoms with van der Waals surface area (Å²) in [6.45, 7) is 12.5. The van der Waals surface area contributed by atoms with Crippen molar-refractivity contribution in [1.82, 2.24) is 10.2 Å². The van der Waals surface area contributed by atoms with Crippen molar-refractivity contribution < 1.29 is 9.59 Å². The van der Waals surface area contributed by atoms with E-state index in [1.165, 1.54) is 5.56 Å². The first-order chi connectivity index (χ1) is 15.0. The second-order valence-corrected chi connectivity index (χ2v) is 10.1. The van der Waals surface area contributed by atoms with Crippen molar-refractivity contribution in [2.75, 3.05) is 0 Å². The average Bonchev–Trinajstić information content (AvgIpc) is 2.72. The fourth-order valence-electron chi connectivity index (χ4n) is 3.62. The molecule has 0 bridgehead atoms. The lowest BCUT2D eigenvalue weighted by Gasteiger charge is -2.33. The van der Waals surface area contributed by atoms with E-state index in [-0.39, 0.29) is 17.4 Å². The molecule has 0 aromatic heterocycles. The van der Waals surface area contributed by atoms with Gasteiger partial charge in [0.1, 0.15) is 6.04 Å². The molecule has 1 N–H and O–H groups in total. The van der Waals surface area contributed by atoms with Gasteiger partial charge in [0, 0.05) is 23.5 Å². The number of nitrogens with one attached hydrogen (secondary N) is 1. The number of hydrogen-bond acceptors (Lipinski definition) is 2. The van der Waals surface area contributed by atoms with Gasteiger partial charge in [-0.2, -0.15) is 0 Å². The number of hydrogen-bond donors (Lipinski definition) is 1. The van der Waals surface area contributed by atoms with Crippen molar-refractivity contribution in [3.05, 3.63) is 70.2 Å². The van der Waals surface area contributed by atoms with Gasteiger partial charge in [-0.25, -0.2) is 0 Å². The summed E-state index contributed by atoms with van der Waals surface area (Å²) in [7, 11) is 0. The van der Waals surface area contributed by atoms with E-state index in [9.17, 15) is 9.59 Å². The molecule has 0 radical (unpaired) electrons. The van der Waals surface area contributed by atoms with Crippen LogP contribution >= 0.6 is 11.6 Å². The molecule has 0 unspecified atom stereocenters. The van der Waals surface area contributed by atoms with E-state index in [1.54, 1.807) is 4.90 Å². The Bertz CT molecular complexity index is 883. The molecule has 0 heterocycles. The Labute approximate surface area is 198 Å². The number of carbonyl (C=O) groups is 2. The van der Waals surface area contributed by atoms with Gasteiger partial charge in [-0.3, -0.25) is 9.59 Å². The van der Waals surface area contributed by atoms with Gasteiger partial charge in [0.2, 0.25) is 11.8 Å². The van der Waals surface area contributed by atoms with Gasteiger partial charge < -0.3 is 10.2 Å². The molecular formula is C27H37ClN2O2. The molecule has 1 atom stereocenters. The number of rotatable bonds is 9. The number of aryl methyl sites for hydroxylation is 1. The third-order valence-corrected chi connectivity index (χ3v) is 5.68. The van der Waals surface area contributed by atoms with Gasteiger partial charge in [-0.05, 0) is 68.4 Å². The van der Waals surface area contributed by atoms with E-state index in [4.69, 9.17) is 11.6 Å². The molecule has 0 saturated carbocycles. The maximum absolute atomic E-state index is 13.4. The van der Waals surface area contributed by atoms with Crippen LogP contribution in [0.3, 0.4) is 0 Å². The van der Waals surface area contributed by atoms with Gasteiger partial charge in [0.15, 0.2) is 0 Å². The molecule has 0 aliphatic heterocycles. The maximum Gasteiger partial charge on any atom is 0.243 e. The highest BCUT2D eigenvalue weighted by molar-refractivity contribution is 6.30. The number of carbonyl (C=O) groups excluding carboxylic acids is 2. The Morgan fingerprint density at radius 1 is 0.969 bits per heavy atom. The lowest BCUT2D eigenvalue weighted by molar-refractivity contribution is -0.142. The molecule has 2 rings (SSSR count). The lowest BCUT2D eigenvalue weighted by atomic mass is 10.00. The van der Waals surface area contributed by atoms with Crippen molar-refractivity contribution >= 4 is 23.4 Å². The number of nitrogens with zero attached hydrogens (tertiary/aromatic N) is 1. The predicted octanol–water partition coefficient (Wildman–Crippen LogP) is 6.12. The summed E-state index contributed by atoms with van der Waals surface area (Å²) in [5, 5.41) is 3.68. The predicted molar refractivity (Wildman–Crippen MR) is 133 cm³/mol. The van der Waals surface area contributed by atoms with Crippen LogP contribution in [0.4, 0.5) is 0 Å². The maximum atomic E-state index is 13.4. The zero-order chi connectivity index (χ0) is 23.9. The van der Waals surface area contributed by atoms with E-state index in [0.29, 0.717) is 36.7 Å². The molecule has 0 saturated heterocycles. The molecule has 0 aliphatic carbocycles. The second kappa shape index (κ2) is 11.5. The number of benzene rings is 2. The van der Waals surface area contributed by atoms with Crippen LogP contribution < -0.4 is 5.32 Å². The SMILES string of the molecule is CC[C@H](C(=O)NC(C)(C)C)N(Cc1ccc(Cl)cc1)C(=O)CCc1ccc(C(C)C)cc1. The quantitative estimate of drug-likeness (QED) is 0.494. The van der Waals surface area contributed by atoms with Gasteiger partial charge in [-0.1, -0.05) is 68.8 Å². The molecule has 0 aliphatic rings. The van der Waals surface area contributed by atoms with Crippen molar-refractivity contribution in [1.29, 1.82) is 0 Å². The summed E-state index contributed by atoms with van der Waals surface area (Å²) in [5.74, 6) is 0.333. The molecule has 2 amide bonds. The van der Waals surface area contributed by atoms with Crippen LogP contribution in [0, 0.1) is 0 Å². The minimum Gasteiger partial charge on any atom is -0.350 e. The topological polar surface area (TPSA) is 49.4 Å². The Morgan fingerprint density at radius 3 is 2.03 bits per heavy atom. The smallest absolute Gasteiger partial charge is 0.243 e. The highest BCUT2D eigenvalue weighted by Gasteiger charge is 2.30. The highest BCUT2D eigenvalue weighted by Crippen LogP contribution is 2.19. The Kier molecular flexibility index (Phi) is 9.33. The molecule has 174 valence electrons. The van der Waals surface area contributed by atoms with Crippen LogP contribution in [-0.4, -0.2) is 28.3 Å². The average molecular weight is 457 g/mol. The molecule has 4 nitrogen and oxygen atoms in total. The molecule has 0 fully saturated rings. The van der Waals surface area contributed by atoms with Gasteiger partial charge in [0.05, 0.1) is 0 Å². The zero-order valence-corrected chi connectivity index (χ0v) is 21.0. The molecule has 0 spiro atoms. The van der Waals surface area contributed by atoms with Crippen LogP contribution in [0.5, 0.6) is 0 Å². The molecule has 32 heavy (non-hydrogen) atoms. The Morgan fingerprint density at radius 2 is 1.53 bits per heavy atom. The van der Waals surface area contributed by atoms with Crippen molar-refractivity contribution in [3.8, 4) is 0 Å². The first kappa shape index (κ1) is 25.9. The third-order valence-electron chi connectivity index (χ3n) is 5.42. The number of amides is 2. The molecular weight excluding hydrogens is 420 g/mol. The van der Waals surface area contributed by atoms with Crippen LogP contribution in [0.2, 0.25) is 5.02 Å². The van der Waals surface area contributed by atoms with Crippen molar-refractivity contribution in [3.63, 3.8) is 0 Å². The van der Waals surface area contributed by atoms with Gasteiger partial charge >= 0.3 is 0 Å². The van der Waals surface area contributed by atoms with E-state index in [2.05, 4.69) is 43.4 Å². The summed E-state index contributed by atoms with van der Waals surface area (Å²) in [6.07, 6.45) is 1.55. The minimum absolute atomic E-state index is 0.0243. The fraction of sp³-hybridized carbons (Fsp3) is 0.481. The minimum atomic E-state index is -0.527. The van der Waals surface area contributed by atoms with Gasteiger partial charge in [-0.15, -0.1) is 0 Å². The first-order valence-electron chi connectivity index (χ1n) is 11.4. The standard InChI is InChI=1S/C27H37ClN2O2/c1-7-24(26(32)29-27(4,5)6)30(18-21-10-15-23(28)16-11-21)25(31)17-12-20-8-13-22(14-9-20)19(2)3/h8-11,13-16,19,24H,7,12,17-18H2,1-6H3,(H,29,32)/t24-/m1/s1. The summed E-state index contributed by atoms with van der Waals surface area (Å²) in [6, 6.07) is 15.3. The van der Waals surface area contributed by atoms with Crippen LogP contribution in [0.25, 0.3) is 0 Å². The summed E-state index contributed by atoms with van der Waals surface area (Å²) < 4.78 is 0. The van der Waals surface area contributed by atoms with Crippen molar-refractivity contribution in [2.24, 2.45) is 0 Å². The summed E-state index contributed by atoms with van der Waals surface area (Å²) in [4.78, 5) is 28.1.